The Bertz CT molecular complexity index is 712. The highest BCUT2D eigenvalue weighted by atomic mass is 16.5. The lowest BCUT2D eigenvalue weighted by Gasteiger charge is -2.23. The van der Waals surface area contributed by atoms with Gasteiger partial charge in [-0.2, -0.15) is 0 Å². The summed E-state index contributed by atoms with van der Waals surface area (Å²) in [6.45, 7) is 7.68. The number of aromatic nitrogens is 1. The third kappa shape index (κ3) is 4.47. The van der Waals surface area contributed by atoms with Crippen molar-refractivity contribution >= 4 is 5.91 Å². The Kier molecular flexibility index (Phi) is 6.34. The quantitative estimate of drug-likeness (QED) is 0.799. The lowest BCUT2D eigenvalue weighted by atomic mass is 10.1. The highest BCUT2D eigenvalue weighted by Crippen LogP contribution is 2.24. The van der Waals surface area contributed by atoms with Crippen LogP contribution in [0.2, 0.25) is 0 Å². The van der Waals surface area contributed by atoms with Gasteiger partial charge in [-0.1, -0.05) is 12.1 Å². The van der Waals surface area contributed by atoms with E-state index in [1.807, 2.05) is 30.0 Å². The molecule has 0 aliphatic carbocycles. The van der Waals surface area contributed by atoms with Crippen LogP contribution in [0.15, 0.2) is 42.7 Å². The number of carbonyl (C=O) groups excluding carboxylic acids is 1. The molecule has 1 aliphatic rings. The maximum absolute atomic E-state index is 13.0. The summed E-state index contributed by atoms with van der Waals surface area (Å²) in [7, 11) is 1.63. The minimum absolute atomic E-state index is 0.0831. The third-order valence-electron chi connectivity index (χ3n) is 5.08. The number of hydrogen-bond donors (Lipinski definition) is 0. The lowest BCUT2D eigenvalue weighted by Crippen LogP contribution is -2.35. The van der Waals surface area contributed by atoms with E-state index >= 15 is 0 Å². The summed E-state index contributed by atoms with van der Waals surface area (Å²) in [6, 6.07) is 9.90. The highest BCUT2D eigenvalue weighted by Gasteiger charge is 2.23. The van der Waals surface area contributed by atoms with Crippen molar-refractivity contribution < 1.29 is 9.53 Å². The summed E-state index contributed by atoms with van der Waals surface area (Å²) in [5, 5.41) is 0. The molecule has 0 N–H and O–H groups in total. The van der Waals surface area contributed by atoms with Gasteiger partial charge in [-0.3, -0.25) is 4.79 Å². The number of para-hydroxylation sites is 1. The Morgan fingerprint density at radius 2 is 1.85 bits per heavy atom. The van der Waals surface area contributed by atoms with E-state index in [-0.39, 0.29) is 5.91 Å². The molecule has 5 heteroatoms. The molecule has 1 amide bonds. The topological polar surface area (TPSA) is 37.7 Å². The Balaban J connectivity index is 1.55. The molecule has 2 aromatic rings. The molecule has 0 bridgehead atoms. The van der Waals surface area contributed by atoms with E-state index in [1.54, 1.807) is 7.11 Å². The van der Waals surface area contributed by atoms with Crippen molar-refractivity contribution in [1.82, 2.24) is 14.4 Å². The fourth-order valence-electron chi connectivity index (χ4n) is 3.66. The molecule has 0 spiro atoms. The van der Waals surface area contributed by atoms with Crippen LogP contribution in [0.4, 0.5) is 0 Å². The van der Waals surface area contributed by atoms with Crippen molar-refractivity contribution in [3.05, 3.63) is 53.9 Å². The zero-order valence-corrected chi connectivity index (χ0v) is 15.9. The Hall–Kier alpha value is -2.27. The summed E-state index contributed by atoms with van der Waals surface area (Å²) in [4.78, 5) is 17.4. The lowest BCUT2D eigenvalue weighted by molar-refractivity contribution is 0.0758. The summed E-state index contributed by atoms with van der Waals surface area (Å²) >= 11 is 0. The van der Waals surface area contributed by atoms with Crippen molar-refractivity contribution in [2.24, 2.45) is 0 Å². The van der Waals surface area contributed by atoms with E-state index in [4.69, 9.17) is 4.74 Å². The van der Waals surface area contributed by atoms with Crippen LogP contribution in [0.5, 0.6) is 5.75 Å². The number of rotatable bonds is 6. The normalized spacial score (nSPS) is 15.7. The maximum atomic E-state index is 13.0. The van der Waals surface area contributed by atoms with Crippen LogP contribution in [0.3, 0.4) is 0 Å². The maximum Gasteiger partial charge on any atom is 0.257 e. The molecular weight excluding hydrogens is 326 g/mol. The Morgan fingerprint density at radius 1 is 1.04 bits per heavy atom. The van der Waals surface area contributed by atoms with E-state index in [1.165, 1.54) is 0 Å². The number of carbonyl (C=O) groups is 1. The third-order valence-corrected chi connectivity index (χ3v) is 5.08. The number of benzene rings is 1. The van der Waals surface area contributed by atoms with E-state index < -0.39 is 0 Å². The predicted octanol–water partition coefficient (Wildman–Crippen LogP) is 3.04. The molecule has 26 heavy (non-hydrogen) atoms. The van der Waals surface area contributed by atoms with E-state index in [9.17, 15) is 4.79 Å². The van der Waals surface area contributed by atoms with Crippen LogP contribution in [0.25, 0.3) is 0 Å². The molecule has 1 saturated heterocycles. The van der Waals surface area contributed by atoms with Crippen molar-refractivity contribution in [3.8, 4) is 5.75 Å². The molecule has 0 unspecified atom stereocenters. The number of amides is 1. The summed E-state index contributed by atoms with van der Waals surface area (Å²) in [5.41, 5.74) is 1.67. The first-order chi connectivity index (χ1) is 12.7. The Labute approximate surface area is 156 Å². The molecule has 1 aromatic carbocycles. The fourth-order valence-corrected chi connectivity index (χ4v) is 3.66. The van der Waals surface area contributed by atoms with E-state index in [0.717, 1.165) is 57.7 Å². The van der Waals surface area contributed by atoms with Crippen LogP contribution in [0.1, 0.15) is 28.8 Å². The minimum atomic E-state index is 0.0831. The van der Waals surface area contributed by atoms with Gasteiger partial charge in [0.1, 0.15) is 5.75 Å². The van der Waals surface area contributed by atoms with Gasteiger partial charge in [-0.15, -0.1) is 0 Å². The first-order valence-corrected chi connectivity index (χ1v) is 9.45. The van der Waals surface area contributed by atoms with Gasteiger partial charge < -0.3 is 19.1 Å². The monoisotopic (exact) mass is 355 g/mol. The van der Waals surface area contributed by atoms with E-state index in [0.29, 0.717) is 11.3 Å². The van der Waals surface area contributed by atoms with Crippen LogP contribution >= 0.6 is 0 Å². The molecule has 1 aromatic heterocycles. The molecule has 0 radical (unpaired) electrons. The van der Waals surface area contributed by atoms with Gasteiger partial charge >= 0.3 is 0 Å². The van der Waals surface area contributed by atoms with Crippen molar-refractivity contribution in [3.63, 3.8) is 0 Å². The first kappa shape index (κ1) is 18.5. The number of ether oxygens (including phenoxy) is 1. The second kappa shape index (κ2) is 8.90. The van der Waals surface area contributed by atoms with Crippen molar-refractivity contribution in [1.29, 1.82) is 0 Å². The Morgan fingerprint density at radius 3 is 2.62 bits per heavy atom. The second-order valence-electron chi connectivity index (χ2n) is 6.92. The molecular formula is C21H29N3O2. The van der Waals surface area contributed by atoms with Crippen LogP contribution in [-0.4, -0.2) is 60.1 Å². The summed E-state index contributed by atoms with van der Waals surface area (Å²) < 4.78 is 7.69. The largest absolute Gasteiger partial charge is 0.496 e. The van der Waals surface area contributed by atoms with Gasteiger partial charge in [-0.25, -0.2) is 0 Å². The highest BCUT2D eigenvalue weighted by molar-refractivity contribution is 5.97. The number of aryl methyl sites for hydroxylation is 2. The molecule has 2 heterocycles. The molecule has 1 fully saturated rings. The van der Waals surface area contributed by atoms with Crippen LogP contribution in [-0.2, 0) is 6.54 Å². The standard InChI is InChI=1S/C21H29N3O2/c1-18-8-5-9-19(20(18)26-2)21(25)24-15-7-14-23(16-17-24)13-6-12-22-10-3-4-11-22/h3-5,8-11H,6-7,12-17H2,1-2H3. The number of hydrogen-bond acceptors (Lipinski definition) is 3. The first-order valence-electron chi connectivity index (χ1n) is 9.45. The van der Waals surface area contributed by atoms with Gasteiger partial charge in [0.05, 0.1) is 12.7 Å². The minimum Gasteiger partial charge on any atom is -0.496 e. The predicted molar refractivity (Wildman–Crippen MR) is 104 cm³/mol. The zero-order valence-electron chi connectivity index (χ0n) is 15.9. The zero-order chi connectivity index (χ0) is 18.4. The van der Waals surface area contributed by atoms with E-state index in [2.05, 4.69) is 34.0 Å². The van der Waals surface area contributed by atoms with Gasteiger partial charge in [0.25, 0.3) is 5.91 Å². The van der Waals surface area contributed by atoms with Crippen molar-refractivity contribution in [2.45, 2.75) is 26.3 Å². The van der Waals surface area contributed by atoms with Crippen LogP contribution < -0.4 is 4.74 Å². The molecule has 1 aliphatic heterocycles. The molecule has 3 rings (SSSR count). The summed E-state index contributed by atoms with van der Waals surface area (Å²) in [5.74, 6) is 0.782. The fraction of sp³-hybridized carbons (Fsp3) is 0.476. The van der Waals surface area contributed by atoms with Gasteiger partial charge in [0.15, 0.2) is 0 Å². The van der Waals surface area contributed by atoms with Gasteiger partial charge in [0.2, 0.25) is 0 Å². The van der Waals surface area contributed by atoms with Gasteiger partial charge in [0, 0.05) is 38.6 Å². The molecule has 140 valence electrons. The SMILES string of the molecule is COc1c(C)cccc1C(=O)N1CCCN(CCCn2cccc2)CC1. The number of nitrogens with zero attached hydrogens (tertiary/aromatic N) is 3. The molecule has 5 nitrogen and oxygen atoms in total. The average Bonchev–Trinajstić information content (AvgIpc) is 3.05. The molecule has 0 atom stereocenters. The average molecular weight is 355 g/mol. The van der Waals surface area contributed by atoms with Gasteiger partial charge in [-0.05, 0) is 56.6 Å². The number of methoxy groups -OCH3 is 1. The van der Waals surface area contributed by atoms with Crippen molar-refractivity contribution in [2.75, 3.05) is 39.8 Å². The van der Waals surface area contributed by atoms with Crippen LogP contribution in [0, 0.1) is 6.92 Å². The molecule has 0 saturated carbocycles. The summed E-state index contributed by atoms with van der Waals surface area (Å²) in [6.07, 6.45) is 6.37. The smallest absolute Gasteiger partial charge is 0.257 e. The second-order valence-corrected chi connectivity index (χ2v) is 6.92.